The number of sulfonamides is 1. The van der Waals surface area contributed by atoms with Gasteiger partial charge in [0.25, 0.3) is 10.0 Å². The van der Waals surface area contributed by atoms with Gasteiger partial charge in [-0.05, 0) is 36.8 Å². The molecule has 0 aliphatic carbocycles. The summed E-state index contributed by atoms with van der Waals surface area (Å²) in [5.41, 5.74) is 1.22. The zero-order valence-corrected chi connectivity index (χ0v) is 14.4. The van der Waals surface area contributed by atoms with Crippen LogP contribution in [0.25, 0.3) is 0 Å². The third-order valence-corrected chi connectivity index (χ3v) is 4.71. The summed E-state index contributed by atoms with van der Waals surface area (Å²) in [5, 5.41) is 2.54. The second-order valence-corrected chi connectivity index (χ2v) is 6.68. The summed E-state index contributed by atoms with van der Waals surface area (Å²) in [6.07, 6.45) is 0.247. The molecule has 24 heavy (non-hydrogen) atoms. The number of ether oxygens (including phenoxy) is 1. The number of hydrogen-bond donors (Lipinski definition) is 2. The van der Waals surface area contributed by atoms with Crippen LogP contribution in [0.3, 0.4) is 0 Å². The molecule has 0 bridgehead atoms. The molecular weight excluding hydrogens is 328 g/mol. The van der Waals surface area contributed by atoms with E-state index >= 15 is 0 Å². The van der Waals surface area contributed by atoms with Gasteiger partial charge in [0.1, 0.15) is 10.6 Å². The van der Waals surface area contributed by atoms with Crippen molar-refractivity contribution in [3.05, 3.63) is 54.1 Å². The van der Waals surface area contributed by atoms with Gasteiger partial charge in [0.15, 0.2) is 0 Å². The topological polar surface area (TPSA) is 84.5 Å². The van der Waals surface area contributed by atoms with Crippen LogP contribution >= 0.6 is 0 Å². The summed E-state index contributed by atoms with van der Waals surface area (Å²) in [5.74, 6) is 0.206. The molecule has 2 N–H and O–H groups in total. The molecular formula is C17H20N2O4S. The molecule has 0 aliphatic heterocycles. The SMILES string of the molecule is CCOc1ccccc1S(=O)(=O)Nc1ccc(CC(=O)NC)cc1. The molecule has 0 heterocycles. The fourth-order valence-electron chi connectivity index (χ4n) is 2.12. The maximum absolute atomic E-state index is 12.6. The van der Waals surface area contributed by atoms with E-state index in [0.29, 0.717) is 18.0 Å². The van der Waals surface area contributed by atoms with E-state index in [9.17, 15) is 13.2 Å². The van der Waals surface area contributed by atoms with E-state index in [2.05, 4.69) is 10.0 Å². The molecule has 2 aromatic carbocycles. The number of carbonyl (C=O) groups is 1. The van der Waals surface area contributed by atoms with Crippen molar-refractivity contribution in [3.63, 3.8) is 0 Å². The molecule has 0 aromatic heterocycles. The van der Waals surface area contributed by atoms with Crippen molar-refractivity contribution in [1.82, 2.24) is 5.32 Å². The van der Waals surface area contributed by atoms with Crippen LogP contribution in [0.4, 0.5) is 5.69 Å². The number of likely N-dealkylation sites (N-methyl/N-ethyl adjacent to an activating group) is 1. The highest BCUT2D eigenvalue weighted by Gasteiger charge is 2.19. The zero-order valence-electron chi connectivity index (χ0n) is 13.6. The predicted molar refractivity (Wildman–Crippen MR) is 92.6 cm³/mol. The first-order valence-corrected chi connectivity index (χ1v) is 8.98. The maximum atomic E-state index is 12.6. The van der Waals surface area contributed by atoms with Gasteiger partial charge in [0.2, 0.25) is 5.91 Å². The molecule has 0 atom stereocenters. The van der Waals surface area contributed by atoms with Crippen LogP contribution in [-0.4, -0.2) is 28.0 Å². The first kappa shape index (κ1) is 17.8. The van der Waals surface area contributed by atoms with E-state index < -0.39 is 10.0 Å². The first-order chi connectivity index (χ1) is 11.5. The van der Waals surface area contributed by atoms with Crippen molar-refractivity contribution in [2.75, 3.05) is 18.4 Å². The Bertz CT molecular complexity index is 802. The Hall–Kier alpha value is -2.54. The summed E-state index contributed by atoms with van der Waals surface area (Å²) in [6, 6.07) is 13.1. The maximum Gasteiger partial charge on any atom is 0.265 e. The number of carbonyl (C=O) groups excluding carboxylic acids is 1. The van der Waals surface area contributed by atoms with Crippen molar-refractivity contribution >= 4 is 21.6 Å². The molecule has 2 aromatic rings. The highest BCUT2D eigenvalue weighted by atomic mass is 32.2. The highest BCUT2D eigenvalue weighted by Crippen LogP contribution is 2.25. The normalized spacial score (nSPS) is 10.9. The van der Waals surface area contributed by atoms with Gasteiger partial charge in [-0.2, -0.15) is 0 Å². The number of para-hydroxylation sites is 1. The molecule has 7 heteroatoms. The minimum Gasteiger partial charge on any atom is -0.492 e. The van der Waals surface area contributed by atoms with Gasteiger partial charge in [-0.15, -0.1) is 0 Å². The first-order valence-electron chi connectivity index (χ1n) is 7.50. The molecule has 128 valence electrons. The minimum atomic E-state index is -3.76. The monoisotopic (exact) mass is 348 g/mol. The smallest absolute Gasteiger partial charge is 0.265 e. The van der Waals surface area contributed by atoms with E-state index in [4.69, 9.17) is 4.74 Å². The van der Waals surface area contributed by atoms with Crippen LogP contribution in [0.2, 0.25) is 0 Å². The molecule has 0 saturated carbocycles. The number of anilines is 1. The Morgan fingerprint density at radius 1 is 1.08 bits per heavy atom. The molecule has 0 saturated heterocycles. The summed E-state index contributed by atoms with van der Waals surface area (Å²) in [6.45, 7) is 2.17. The van der Waals surface area contributed by atoms with Crippen molar-refractivity contribution in [2.45, 2.75) is 18.2 Å². The minimum absolute atomic E-state index is 0.0845. The van der Waals surface area contributed by atoms with Gasteiger partial charge in [0, 0.05) is 12.7 Å². The van der Waals surface area contributed by atoms with E-state index in [1.54, 1.807) is 56.4 Å². The standard InChI is InChI=1S/C17H20N2O4S/c1-3-23-15-6-4-5-7-16(15)24(21,22)19-14-10-8-13(9-11-14)12-17(20)18-2/h4-11,19H,3,12H2,1-2H3,(H,18,20). The van der Waals surface area contributed by atoms with Gasteiger partial charge in [-0.1, -0.05) is 24.3 Å². The van der Waals surface area contributed by atoms with Crippen molar-refractivity contribution < 1.29 is 17.9 Å². The molecule has 0 fully saturated rings. The van der Waals surface area contributed by atoms with E-state index in [1.165, 1.54) is 6.07 Å². The summed E-state index contributed by atoms with van der Waals surface area (Å²) in [7, 11) is -2.19. The number of amides is 1. The third kappa shape index (κ3) is 4.48. The number of benzene rings is 2. The van der Waals surface area contributed by atoms with Gasteiger partial charge in [0.05, 0.1) is 13.0 Å². The van der Waals surface area contributed by atoms with Gasteiger partial charge in [-0.3, -0.25) is 9.52 Å². The molecule has 0 aliphatic rings. The van der Waals surface area contributed by atoms with E-state index in [1.807, 2.05) is 0 Å². The second-order valence-electron chi connectivity index (χ2n) is 5.03. The Balaban J connectivity index is 2.19. The zero-order chi connectivity index (χ0) is 17.6. The average molecular weight is 348 g/mol. The quantitative estimate of drug-likeness (QED) is 0.803. The summed E-state index contributed by atoms with van der Waals surface area (Å²) >= 11 is 0. The summed E-state index contributed by atoms with van der Waals surface area (Å²) < 4.78 is 33.0. The predicted octanol–water partition coefficient (Wildman–Crippen LogP) is 2.17. The fourth-order valence-corrected chi connectivity index (χ4v) is 3.33. The molecule has 6 nitrogen and oxygen atoms in total. The number of nitrogens with one attached hydrogen (secondary N) is 2. The van der Waals surface area contributed by atoms with Crippen molar-refractivity contribution in [2.24, 2.45) is 0 Å². The Labute approximate surface area is 141 Å². The van der Waals surface area contributed by atoms with E-state index in [-0.39, 0.29) is 17.2 Å². The summed E-state index contributed by atoms with van der Waals surface area (Å²) in [4.78, 5) is 11.4. The average Bonchev–Trinajstić information content (AvgIpc) is 2.57. The molecule has 1 amide bonds. The van der Waals surface area contributed by atoms with E-state index in [0.717, 1.165) is 5.56 Å². The second kappa shape index (κ2) is 7.83. The Morgan fingerprint density at radius 2 is 1.75 bits per heavy atom. The number of hydrogen-bond acceptors (Lipinski definition) is 4. The van der Waals surface area contributed by atoms with Gasteiger partial charge in [-0.25, -0.2) is 8.42 Å². The van der Waals surface area contributed by atoms with Crippen molar-refractivity contribution in [3.8, 4) is 5.75 Å². The van der Waals surface area contributed by atoms with Crippen LogP contribution in [0.15, 0.2) is 53.4 Å². The van der Waals surface area contributed by atoms with Crippen LogP contribution in [0.5, 0.6) is 5.75 Å². The lowest BCUT2D eigenvalue weighted by Gasteiger charge is -2.12. The Morgan fingerprint density at radius 3 is 2.38 bits per heavy atom. The fraction of sp³-hybridized carbons (Fsp3) is 0.235. The highest BCUT2D eigenvalue weighted by molar-refractivity contribution is 7.92. The van der Waals surface area contributed by atoms with Crippen molar-refractivity contribution in [1.29, 1.82) is 0 Å². The van der Waals surface area contributed by atoms with Gasteiger partial charge >= 0.3 is 0 Å². The van der Waals surface area contributed by atoms with Gasteiger partial charge < -0.3 is 10.1 Å². The number of rotatable bonds is 7. The Kier molecular flexibility index (Phi) is 5.81. The lowest BCUT2D eigenvalue weighted by Crippen LogP contribution is -2.20. The van der Waals surface area contributed by atoms with Crippen LogP contribution in [-0.2, 0) is 21.2 Å². The molecule has 2 rings (SSSR count). The van der Waals surface area contributed by atoms with Crippen LogP contribution in [0, 0.1) is 0 Å². The molecule has 0 radical (unpaired) electrons. The van der Waals surface area contributed by atoms with Crippen LogP contribution in [0.1, 0.15) is 12.5 Å². The van der Waals surface area contributed by atoms with Crippen LogP contribution < -0.4 is 14.8 Å². The molecule has 0 spiro atoms. The lowest BCUT2D eigenvalue weighted by atomic mass is 10.1. The lowest BCUT2D eigenvalue weighted by molar-refractivity contribution is -0.119. The molecule has 0 unspecified atom stereocenters. The third-order valence-electron chi connectivity index (χ3n) is 3.29. The largest absolute Gasteiger partial charge is 0.492 e.